The summed E-state index contributed by atoms with van der Waals surface area (Å²) in [7, 11) is 0. The fourth-order valence-electron chi connectivity index (χ4n) is 2.74. The molecule has 0 saturated heterocycles. The quantitative estimate of drug-likeness (QED) is 0.429. The zero-order valence-corrected chi connectivity index (χ0v) is 16.9. The van der Waals surface area contributed by atoms with Gasteiger partial charge in [0.1, 0.15) is 0 Å². The minimum atomic E-state index is -3.14. The Kier molecular flexibility index (Phi) is 9.99. The van der Waals surface area contributed by atoms with Crippen LogP contribution in [0.1, 0.15) is 60.3 Å². The van der Waals surface area contributed by atoms with E-state index in [-0.39, 0.29) is 0 Å². The second-order valence-electron chi connectivity index (χ2n) is 5.77. The van der Waals surface area contributed by atoms with Crippen LogP contribution in [0.3, 0.4) is 0 Å². The van der Waals surface area contributed by atoms with Crippen LogP contribution in [0.25, 0.3) is 0 Å². The van der Waals surface area contributed by atoms with Crippen LogP contribution in [0.15, 0.2) is 12.2 Å². The molecular formula is C16H30O4Sn. The summed E-state index contributed by atoms with van der Waals surface area (Å²) < 4.78 is 7.94. The van der Waals surface area contributed by atoms with Crippen LogP contribution in [0.4, 0.5) is 0 Å². The summed E-state index contributed by atoms with van der Waals surface area (Å²) in [5, 5.41) is 8.64. The monoisotopic (exact) mass is 406 g/mol. The molecule has 0 bridgehead atoms. The van der Waals surface area contributed by atoms with Crippen molar-refractivity contribution < 1.29 is 17.8 Å². The van der Waals surface area contributed by atoms with E-state index in [1.54, 1.807) is 0 Å². The van der Waals surface area contributed by atoms with Crippen molar-refractivity contribution in [3.05, 3.63) is 12.2 Å². The van der Waals surface area contributed by atoms with Crippen LogP contribution in [0, 0.1) is 0 Å². The third-order valence-corrected chi connectivity index (χ3v) is 21.2. The molecule has 0 saturated carbocycles. The maximum atomic E-state index is 12.0. The maximum absolute atomic E-state index is 12.0. The van der Waals surface area contributed by atoms with Gasteiger partial charge in [0.2, 0.25) is 0 Å². The van der Waals surface area contributed by atoms with Gasteiger partial charge in [0, 0.05) is 0 Å². The third kappa shape index (κ3) is 6.41. The predicted molar refractivity (Wildman–Crippen MR) is 87.8 cm³/mol. The summed E-state index contributed by atoms with van der Waals surface area (Å²) in [6, 6.07) is 0. The third-order valence-electron chi connectivity index (χ3n) is 4.47. The molecule has 21 heavy (non-hydrogen) atoms. The summed E-state index contributed by atoms with van der Waals surface area (Å²) in [6.07, 6.45) is 6.13. The van der Waals surface area contributed by atoms with Gasteiger partial charge in [-0.25, -0.2) is 0 Å². The molecule has 0 aromatic heterocycles. The zero-order chi connectivity index (χ0) is 16.5. The molecule has 4 nitrogen and oxygen atoms in total. The topological polar surface area (TPSA) is 63.6 Å². The number of carbonyl (C=O) groups excluding carboxylic acids is 1. The van der Waals surface area contributed by atoms with Gasteiger partial charge in [-0.05, 0) is 0 Å². The van der Waals surface area contributed by atoms with E-state index in [4.69, 9.17) is 8.18 Å². The summed E-state index contributed by atoms with van der Waals surface area (Å²) in [5.74, 6) is -1.58. The first-order valence-corrected chi connectivity index (χ1v) is 14.5. The normalized spacial score (nSPS) is 17.2. The Bertz CT molecular complexity index is 355. The number of aliphatic carboxylic acids is 1. The Balaban J connectivity index is 5.33. The summed E-state index contributed by atoms with van der Waals surface area (Å²) >= 11 is -3.14. The second-order valence-corrected chi connectivity index (χ2v) is 18.9. The Labute approximate surface area is 133 Å². The predicted octanol–water partition coefficient (Wildman–Crippen LogP) is 4.52. The molecule has 0 aliphatic heterocycles. The number of hydrogen-bond donors (Lipinski definition) is 1. The average Bonchev–Trinajstić information content (AvgIpc) is 2.47. The molecule has 0 aromatic rings. The Morgan fingerprint density at radius 3 is 2.00 bits per heavy atom. The van der Waals surface area contributed by atoms with Gasteiger partial charge < -0.3 is 0 Å². The van der Waals surface area contributed by atoms with Crippen molar-refractivity contribution in [1.82, 2.24) is 0 Å². The number of carboxylic acid groups (broad SMARTS) is 1. The molecule has 0 aliphatic carbocycles. The standard InChI is InChI=1S/C4H4O4.3C4H9.Sn/c5-3(6)1-2-4(7)8;3*1-3-4-2;/h1-2H,(H,5,6)(H,7,8);2*3H,4H2,1-2H3;1,3-4H2,2H3;/q;;;;+1/p-1. The van der Waals surface area contributed by atoms with Crippen LogP contribution in [-0.4, -0.2) is 35.8 Å². The number of unbranched alkanes of at least 4 members (excludes halogenated alkanes) is 1. The van der Waals surface area contributed by atoms with Gasteiger partial charge in [0.05, 0.1) is 0 Å². The minimum absolute atomic E-state index is 0.447. The first kappa shape index (κ1) is 20.5. The number of carboxylic acids is 1. The first-order valence-electron chi connectivity index (χ1n) is 7.97. The van der Waals surface area contributed by atoms with Crippen LogP contribution < -0.4 is 0 Å². The van der Waals surface area contributed by atoms with Gasteiger partial charge in [0.25, 0.3) is 0 Å². The van der Waals surface area contributed by atoms with Crippen LogP contribution in [0.5, 0.6) is 0 Å². The molecule has 0 radical (unpaired) electrons. The summed E-state index contributed by atoms with van der Waals surface area (Å²) in [6.45, 7) is 10.8. The van der Waals surface area contributed by atoms with E-state index in [2.05, 4.69) is 34.6 Å². The molecule has 0 rings (SSSR count). The molecule has 2 atom stereocenters. The zero-order valence-electron chi connectivity index (χ0n) is 14.0. The number of carbonyl (C=O) groups is 2. The van der Waals surface area contributed by atoms with E-state index in [1.165, 1.54) is 0 Å². The Hall–Kier alpha value is -0.521. The average molecular weight is 405 g/mol. The van der Waals surface area contributed by atoms with E-state index in [0.29, 0.717) is 7.87 Å². The van der Waals surface area contributed by atoms with Gasteiger partial charge in [-0.2, -0.15) is 0 Å². The molecule has 0 spiro atoms. The first-order chi connectivity index (χ1) is 9.83. The molecule has 0 aliphatic rings. The van der Waals surface area contributed by atoms with Crippen molar-refractivity contribution >= 4 is 30.7 Å². The number of rotatable bonds is 10. The molecular weight excluding hydrogens is 375 g/mol. The van der Waals surface area contributed by atoms with Gasteiger partial charge in [-0.15, -0.1) is 0 Å². The summed E-state index contributed by atoms with van der Waals surface area (Å²) in [4.78, 5) is 22.6. The van der Waals surface area contributed by atoms with Gasteiger partial charge in [-0.1, -0.05) is 0 Å². The van der Waals surface area contributed by atoms with E-state index >= 15 is 0 Å². The fraction of sp³-hybridized carbons (Fsp3) is 0.750. The molecule has 122 valence electrons. The van der Waals surface area contributed by atoms with Crippen molar-refractivity contribution in [3.8, 4) is 0 Å². The van der Waals surface area contributed by atoms with E-state index in [1.807, 2.05) is 0 Å². The van der Waals surface area contributed by atoms with Crippen LogP contribution >= 0.6 is 0 Å². The molecule has 0 amide bonds. The van der Waals surface area contributed by atoms with Gasteiger partial charge >= 0.3 is 133 Å². The molecule has 5 heteroatoms. The van der Waals surface area contributed by atoms with Crippen molar-refractivity contribution in [3.63, 3.8) is 0 Å². The van der Waals surface area contributed by atoms with E-state index in [9.17, 15) is 9.59 Å². The van der Waals surface area contributed by atoms with Crippen molar-refractivity contribution in [2.24, 2.45) is 0 Å². The number of hydrogen-bond acceptors (Lipinski definition) is 3. The van der Waals surface area contributed by atoms with E-state index in [0.717, 1.165) is 42.3 Å². The fourth-order valence-corrected chi connectivity index (χ4v) is 17.6. The van der Waals surface area contributed by atoms with E-state index < -0.39 is 30.7 Å². The Morgan fingerprint density at radius 1 is 1.10 bits per heavy atom. The molecule has 0 heterocycles. The molecule has 1 N–H and O–H groups in total. The van der Waals surface area contributed by atoms with Crippen molar-refractivity contribution in [1.29, 1.82) is 0 Å². The van der Waals surface area contributed by atoms with Crippen molar-refractivity contribution in [2.75, 3.05) is 0 Å². The van der Waals surface area contributed by atoms with Crippen LogP contribution in [0.2, 0.25) is 12.3 Å². The van der Waals surface area contributed by atoms with Gasteiger partial charge in [-0.3, -0.25) is 0 Å². The SMILES string of the molecule is CCC[CH2][Sn]([O]C(=O)C=CC(=O)O)([CH](C)CC)[CH](C)CC. The summed E-state index contributed by atoms with van der Waals surface area (Å²) in [5.41, 5.74) is 0. The molecule has 0 aromatic carbocycles. The molecule has 2 unspecified atom stereocenters. The van der Waals surface area contributed by atoms with Crippen LogP contribution in [-0.2, 0) is 12.7 Å². The Morgan fingerprint density at radius 2 is 1.62 bits per heavy atom. The molecule has 0 fully saturated rings. The second kappa shape index (κ2) is 10.2. The van der Waals surface area contributed by atoms with Crippen molar-refractivity contribution in [2.45, 2.75) is 72.6 Å². The van der Waals surface area contributed by atoms with Gasteiger partial charge in [0.15, 0.2) is 0 Å².